The van der Waals surface area contributed by atoms with Crippen LogP contribution in [0.4, 0.5) is 17.6 Å². The third-order valence-corrected chi connectivity index (χ3v) is 3.61. The third kappa shape index (κ3) is 3.53. The fraction of sp³-hybridized carbons (Fsp3) is 0.500. The molecular weight excluding hydrogens is 290 g/mol. The molecule has 1 N–H and O–H groups in total. The van der Waals surface area contributed by atoms with Gasteiger partial charge in [0.05, 0.1) is 17.7 Å². The molecule has 0 spiro atoms. The van der Waals surface area contributed by atoms with Gasteiger partial charge >= 0.3 is 6.18 Å². The monoisotopic (exact) mass is 305 g/mol. The average molecular weight is 305 g/mol. The number of nitrogens with one attached hydrogen (secondary N) is 1. The molecule has 1 amide bonds. The van der Waals surface area contributed by atoms with Crippen LogP contribution in [0, 0.1) is 5.82 Å². The Balaban J connectivity index is 2.16. The van der Waals surface area contributed by atoms with E-state index in [0.29, 0.717) is 18.6 Å². The van der Waals surface area contributed by atoms with E-state index in [9.17, 15) is 22.4 Å². The number of benzene rings is 1. The predicted octanol–water partition coefficient (Wildman–Crippen LogP) is 3.14. The van der Waals surface area contributed by atoms with Crippen LogP contribution in [0.3, 0.4) is 0 Å². The minimum Gasteiger partial charge on any atom is -0.379 e. The highest BCUT2D eigenvalue weighted by Crippen LogP contribution is 2.32. The van der Waals surface area contributed by atoms with Crippen LogP contribution in [0.15, 0.2) is 18.2 Å². The molecule has 2 rings (SSSR count). The van der Waals surface area contributed by atoms with Gasteiger partial charge in [0.25, 0.3) is 5.91 Å². The van der Waals surface area contributed by atoms with Gasteiger partial charge in [-0.1, -0.05) is 0 Å². The van der Waals surface area contributed by atoms with E-state index in [4.69, 9.17) is 4.74 Å². The van der Waals surface area contributed by atoms with Crippen LogP contribution in [0.5, 0.6) is 0 Å². The van der Waals surface area contributed by atoms with Gasteiger partial charge in [0.1, 0.15) is 5.82 Å². The van der Waals surface area contributed by atoms with E-state index in [1.54, 1.807) is 0 Å². The molecule has 0 saturated heterocycles. The van der Waals surface area contributed by atoms with Gasteiger partial charge in [0, 0.05) is 12.7 Å². The molecule has 0 aliphatic heterocycles. The predicted molar refractivity (Wildman–Crippen MR) is 67.3 cm³/mol. The summed E-state index contributed by atoms with van der Waals surface area (Å²) in [6.45, 7) is 0. The van der Waals surface area contributed by atoms with Gasteiger partial charge in [-0.05, 0) is 37.5 Å². The molecule has 0 aromatic heterocycles. The SMILES string of the molecule is COC1CCCC1NC(=O)c1ccc(F)c(C(F)(F)F)c1. The number of carbonyl (C=O) groups is 1. The zero-order chi connectivity index (χ0) is 15.6. The summed E-state index contributed by atoms with van der Waals surface area (Å²) in [6, 6.07) is 1.99. The summed E-state index contributed by atoms with van der Waals surface area (Å²) in [5, 5.41) is 2.64. The number of ether oxygens (including phenoxy) is 1. The molecule has 1 fully saturated rings. The number of halogens is 4. The highest BCUT2D eigenvalue weighted by molar-refractivity contribution is 5.94. The lowest BCUT2D eigenvalue weighted by atomic mass is 10.1. The summed E-state index contributed by atoms with van der Waals surface area (Å²) in [6.07, 6.45) is -2.60. The summed E-state index contributed by atoms with van der Waals surface area (Å²) >= 11 is 0. The highest BCUT2D eigenvalue weighted by atomic mass is 19.4. The minimum absolute atomic E-state index is 0.142. The van der Waals surface area contributed by atoms with Gasteiger partial charge in [-0.3, -0.25) is 4.79 Å². The van der Waals surface area contributed by atoms with E-state index < -0.39 is 23.5 Å². The topological polar surface area (TPSA) is 38.3 Å². The molecule has 3 nitrogen and oxygen atoms in total. The van der Waals surface area contributed by atoms with Crippen molar-refractivity contribution in [3.63, 3.8) is 0 Å². The standard InChI is InChI=1S/C14H15F4NO2/c1-21-12-4-2-3-11(12)19-13(20)8-5-6-10(15)9(7-8)14(16,17)18/h5-7,11-12H,2-4H2,1H3,(H,19,20). The van der Waals surface area contributed by atoms with Crippen LogP contribution in [0.25, 0.3) is 0 Å². The van der Waals surface area contributed by atoms with Crippen LogP contribution in [-0.2, 0) is 10.9 Å². The Hall–Kier alpha value is -1.63. The van der Waals surface area contributed by atoms with E-state index in [1.807, 2.05) is 0 Å². The Kier molecular flexibility index (Phi) is 4.51. The Morgan fingerprint density at radius 2 is 2.05 bits per heavy atom. The lowest BCUT2D eigenvalue weighted by molar-refractivity contribution is -0.140. The van der Waals surface area contributed by atoms with Crippen molar-refractivity contribution in [2.75, 3.05) is 7.11 Å². The first kappa shape index (κ1) is 15.8. The molecular formula is C14H15F4NO2. The smallest absolute Gasteiger partial charge is 0.379 e. The average Bonchev–Trinajstić information content (AvgIpc) is 2.85. The van der Waals surface area contributed by atoms with Crippen molar-refractivity contribution in [1.29, 1.82) is 0 Å². The van der Waals surface area contributed by atoms with Crippen molar-refractivity contribution in [2.24, 2.45) is 0 Å². The van der Waals surface area contributed by atoms with Crippen LogP contribution in [0.1, 0.15) is 35.2 Å². The number of carbonyl (C=O) groups excluding carboxylic acids is 1. The lowest BCUT2D eigenvalue weighted by Gasteiger charge is -2.20. The number of alkyl halides is 3. The number of hydrogen-bond acceptors (Lipinski definition) is 2. The molecule has 2 atom stereocenters. The normalized spacial score (nSPS) is 22.3. The first-order valence-corrected chi connectivity index (χ1v) is 6.53. The molecule has 0 heterocycles. The zero-order valence-electron chi connectivity index (χ0n) is 11.3. The van der Waals surface area contributed by atoms with Crippen molar-refractivity contribution in [2.45, 2.75) is 37.6 Å². The molecule has 116 valence electrons. The van der Waals surface area contributed by atoms with Crippen LogP contribution < -0.4 is 5.32 Å². The highest BCUT2D eigenvalue weighted by Gasteiger charge is 2.35. The van der Waals surface area contributed by atoms with Crippen molar-refractivity contribution < 1.29 is 27.1 Å². The third-order valence-electron chi connectivity index (χ3n) is 3.61. The van der Waals surface area contributed by atoms with Crippen molar-refractivity contribution >= 4 is 5.91 Å². The van der Waals surface area contributed by atoms with Crippen molar-refractivity contribution in [3.8, 4) is 0 Å². The fourth-order valence-electron chi connectivity index (χ4n) is 2.51. The maximum Gasteiger partial charge on any atom is 0.419 e. The quantitative estimate of drug-likeness (QED) is 0.871. The molecule has 1 saturated carbocycles. The van der Waals surface area contributed by atoms with E-state index >= 15 is 0 Å². The second-order valence-electron chi connectivity index (χ2n) is 4.98. The lowest BCUT2D eigenvalue weighted by Crippen LogP contribution is -2.40. The molecule has 1 aromatic rings. The number of rotatable bonds is 3. The van der Waals surface area contributed by atoms with Gasteiger partial charge in [-0.25, -0.2) is 4.39 Å². The van der Waals surface area contributed by atoms with Gasteiger partial charge in [0.15, 0.2) is 0 Å². The van der Waals surface area contributed by atoms with Gasteiger partial charge in [-0.2, -0.15) is 13.2 Å². The first-order chi connectivity index (χ1) is 9.82. The molecule has 7 heteroatoms. The van der Waals surface area contributed by atoms with E-state index in [2.05, 4.69) is 5.32 Å². The van der Waals surface area contributed by atoms with Crippen LogP contribution >= 0.6 is 0 Å². The molecule has 1 aliphatic carbocycles. The van der Waals surface area contributed by atoms with Gasteiger partial charge in [0.2, 0.25) is 0 Å². The Labute approximate surface area is 119 Å². The summed E-state index contributed by atoms with van der Waals surface area (Å²) in [4.78, 5) is 12.0. The number of methoxy groups -OCH3 is 1. The molecule has 21 heavy (non-hydrogen) atoms. The zero-order valence-corrected chi connectivity index (χ0v) is 11.3. The Bertz CT molecular complexity index is 530. The summed E-state index contributed by atoms with van der Waals surface area (Å²) < 4.78 is 56.2. The maximum atomic E-state index is 13.2. The Morgan fingerprint density at radius 1 is 1.33 bits per heavy atom. The van der Waals surface area contributed by atoms with Crippen LogP contribution in [-0.4, -0.2) is 25.2 Å². The second kappa shape index (κ2) is 6.01. The summed E-state index contributed by atoms with van der Waals surface area (Å²) in [5.74, 6) is -2.05. The molecule has 1 aromatic carbocycles. The van der Waals surface area contributed by atoms with E-state index in [0.717, 1.165) is 18.9 Å². The number of hydrogen-bond donors (Lipinski definition) is 1. The summed E-state index contributed by atoms with van der Waals surface area (Å²) in [5.41, 5.74) is -1.66. The Morgan fingerprint density at radius 3 is 2.67 bits per heavy atom. The van der Waals surface area contributed by atoms with Gasteiger partial charge in [-0.15, -0.1) is 0 Å². The van der Waals surface area contributed by atoms with Crippen molar-refractivity contribution in [1.82, 2.24) is 5.32 Å². The van der Waals surface area contributed by atoms with E-state index in [-0.39, 0.29) is 17.7 Å². The number of amides is 1. The maximum absolute atomic E-state index is 13.2. The fourth-order valence-corrected chi connectivity index (χ4v) is 2.51. The van der Waals surface area contributed by atoms with Crippen LogP contribution in [0.2, 0.25) is 0 Å². The van der Waals surface area contributed by atoms with Crippen molar-refractivity contribution in [3.05, 3.63) is 35.1 Å². The first-order valence-electron chi connectivity index (χ1n) is 6.53. The molecule has 2 unspecified atom stereocenters. The minimum atomic E-state index is -4.83. The largest absolute Gasteiger partial charge is 0.419 e. The van der Waals surface area contributed by atoms with E-state index in [1.165, 1.54) is 7.11 Å². The second-order valence-corrected chi connectivity index (χ2v) is 4.98. The molecule has 0 radical (unpaired) electrons. The van der Waals surface area contributed by atoms with Gasteiger partial charge < -0.3 is 10.1 Å². The molecule has 0 bridgehead atoms. The molecule has 1 aliphatic rings. The summed E-state index contributed by atoms with van der Waals surface area (Å²) in [7, 11) is 1.52.